The van der Waals surface area contributed by atoms with Gasteiger partial charge < -0.3 is 10.2 Å². The Kier molecular flexibility index (Phi) is 6.52. The third-order valence-electron chi connectivity index (χ3n) is 4.12. The van der Waals surface area contributed by atoms with Gasteiger partial charge in [-0.05, 0) is 50.6 Å². The maximum Gasteiger partial charge on any atom is 0.272 e. The van der Waals surface area contributed by atoms with Crippen LogP contribution in [0.1, 0.15) is 28.4 Å². The van der Waals surface area contributed by atoms with Crippen LogP contribution in [0.4, 0.5) is 11.4 Å². The molecule has 7 nitrogen and oxygen atoms in total. The number of nitro groups is 1. The zero-order chi connectivity index (χ0) is 20.1. The van der Waals surface area contributed by atoms with E-state index in [9.17, 15) is 19.7 Å². The fourth-order valence-corrected chi connectivity index (χ4v) is 2.77. The van der Waals surface area contributed by atoms with E-state index in [1.165, 1.54) is 23.1 Å². The van der Waals surface area contributed by atoms with Gasteiger partial charge in [-0.2, -0.15) is 0 Å². The average molecular weight is 390 g/mol. The molecule has 0 atom stereocenters. The molecular formula is C19H20ClN3O4. The largest absolute Gasteiger partial charge is 0.330 e. The number of benzene rings is 2. The molecule has 0 aliphatic heterocycles. The highest BCUT2D eigenvalue weighted by Crippen LogP contribution is 2.21. The first-order valence-corrected chi connectivity index (χ1v) is 8.71. The highest BCUT2D eigenvalue weighted by atomic mass is 35.5. The molecule has 1 N–H and O–H groups in total. The molecular weight excluding hydrogens is 370 g/mol. The molecule has 8 heteroatoms. The Labute approximate surface area is 162 Å². The SMILES string of the molecule is CCN(CC(=O)Nc1cc(Cl)ccc1C)C(=O)c1ccc([N+](=O)[O-])c(C)c1. The van der Waals surface area contributed by atoms with Crippen LogP contribution in [-0.2, 0) is 4.79 Å². The summed E-state index contributed by atoms with van der Waals surface area (Å²) < 4.78 is 0. The standard InChI is InChI=1S/C19H20ClN3O4/c1-4-22(11-18(24)21-16-10-15(20)7-5-12(16)2)19(25)14-6-8-17(23(26)27)13(3)9-14/h5-10H,4,11H2,1-3H3,(H,21,24). The molecule has 0 heterocycles. The minimum absolute atomic E-state index is 0.0521. The van der Waals surface area contributed by atoms with Gasteiger partial charge in [-0.1, -0.05) is 17.7 Å². The minimum atomic E-state index is -0.498. The third kappa shape index (κ3) is 5.04. The maximum atomic E-state index is 12.7. The van der Waals surface area contributed by atoms with Gasteiger partial charge in [0.1, 0.15) is 6.54 Å². The molecule has 0 bridgehead atoms. The van der Waals surface area contributed by atoms with Crippen LogP contribution in [0.5, 0.6) is 0 Å². The number of halogens is 1. The summed E-state index contributed by atoms with van der Waals surface area (Å²) in [4.78, 5) is 36.8. The van der Waals surface area contributed by atoms with Crippen LogP contribution in [0.2, 0.25) is 5.02 Å². The molecule has 0 unspecified atom stereocenters. The molecule has 0 aliphatic carbocycles. The molecule has 2 aromatic carbocycles. The minimum Gasteiger partial charge on any atom is -0.330 e. The van der Waals surface area contributed by atoms with Gasteiger partial charge in [-0.15, -0.1) is 0 Å². The van der Waals surface area contributed by atoms with Crippen molar-refractivity contribution in [2.75, 3.05) is 18.4 Å². The Morgan fingerprint density at radius 2 is 1.85 bits per heavy atom. The molecule has 0 saturated heterocycles. The fraction of sp³-hybridized carbons (Fsp3) is 0.263. The summed E-state index contributed by atoms with van der Waals surface area (Å²) in [6.45, 7) is 5.34. The summed E-state index contributed by atoms with van der Waals surface area (Å²) >= 11 is 5.95. The van der Waals surface area contributed by atoms with Crippen LogP contribution in [0.15, 0.2) is 36.4 Å². The number of aryl methyl sites for hydroxylation is 2. The van der Waals surface area contributed by atoms with E-state index in [0.29, 0.717) is 28.4 Å². The summed E-state index contributed by atoms with van der Waals surface area (Å²) in [6, 6.07) is 9.32. The number of amides is 2. The third-order valence-corrected chi connectivity index (χ3v) is 4.35. The van der Waals surface area contributed by atoms with Crippen molar-refractivity contribution in [2.45, 2.75) is 20.8 Å². The topological polar surface area (TPSA) is 92.6 Å². The van der Waals surface area contributed by atoms with Crippen molar-refractivity contribution in [3.05, 3.63) is 68.2 Å². The number of anilines is 1. The van der Waals surface area contributed by atoms with E-state index in [1.54, 1.807) is 32.0 Å². The number of nitrogens with zero attached hydrogens (tertiary/aromatic N) is 2. The zero-order valence-corrected chi connectivity index (χ0v) is 16.0. The fourth-order valence-electron chi connectivity index (χ4n) is 2.60. The van der Waals surface area contributed by atoms with Crippen LogP contribution in [0.3, 0.4) is 0 Å². The number of nitrogens with one attached hydrogen (secondary N) is 1. The molecule has 2 amide bonds. The number of likely N-dealkylation sites (N-methyl/N-ethyl adjacent to an activating group) is 1. The first-order valence-electron chi connectivity index (χ1n) is 8.33. The molecule has 0 saturated carbocycles. The number of rotatable bonds is 6. The highest BCUT2D eigenvalue weighted by Gasteiger charge is 2.20. The zero-order valence-electron chi connectivity index (χ0n) is 15.3. The molecule has 0 aliphatic rings. The first-order chi connectivity index (χ1) is 12.7. The normalized spacial score (nSPS) is 10.4. The van der Waals surface area contributed by atoms with E-state index in [1.807, 2.05) is 6.92 Å². The van der Waals surface area contributed by atoms with Gasteiger partial charge in [0.25, 0.3) is 11.6 Å². The molecule has 0 aromatic heterocycles. The van der Waals surface area contributed by atoms with Crippen molar-refractivity contribution in [1.82, 2.24) is 4.90 Å². The molecule has 2 aromatic rings. The van der Waals surface area contributed by atoms with E-state index < -0.39 is 4.92 Å². The van der Waals surface area contributed by atoms with E-state index in [0.717, 1.165) is 5.56 Å². The molecule has 0 fully saturated rings. The second-order valence-electron chi connectivity index (χ2n) is 6.09. The van der Waals surface area contributed by atoms with Crippen LogP contribution in [0.25, 0.3) is 0 Å². The van der Waals surface area contributed by atoms with E-state index >= 15 is 0 Å². The average Bonchev–Trinajstić information content (AvgIpc) is 2.61. The number of carbonyl (C=O) groups is 2. The lowest BCUT2D eigenvalue weighted by atomic mass is 10.1. The summed E-state index contributed by atoms with van der Waals surface area (Å²) in [5.41, 5.74) is 2.08. The smallest absolute Gasteiger partial charge is 0.272 e. The molecule has 0 radical (unpaired) electrons. The highest BCUT2D eigenvalue weighted by molar-refractivity contribution is 6.31. The van der Waals surface area contributed by atoms with Gasteiger partial charge in [0.2, 0.25) is 5.91 Å². The van der Waals surface area contributed by atoms with Gasteiger partial charge in [0, 0.05) is 34.4 Å². The maximum absolute atomic E-state index is 12.7. The van der Waals surface area contributed by atoms with Gasteiger partial charge >= 0.3 is 0 Å². The predicted molar refractivity (Wildman–Crippen MR) is 104 cm³/mol. The number of hydrogen-bond acceptors (Lipinski definition) is 4. The summed E-state index contributed by atoms with van der Waals surface area (Å²) in [5.74, 6) is -0.720. The van der Waals surface area contributed by atoms with Crippen molar-refractivity contribution in [1.29, 1.82) is 0 Å². The van der Waals surface area contributed by atoms with Crippen LogP contribution < -0.4 is 5.32 Å². The summed E-state index contributed by atoms with van der Waals surface area (Å²) in [6.07, 6.45) is 0. The lowest BCUT2D eigenvalue weighted by molar-refractivity contribution is -0.385. The Hall–Kier alpha value is -2.93. The molecule has 0 spiro atoms. The number of nitro benzene ring substituents is 1. The Morgan fingerprint density at radius 1 is 1.15 bits per heavy atom. The second kappa shape index (κ2) is 8.64. The Balaban J connectivity index is 2.13. The van der Waals surface area contributed by atoms with Crippen LogP contribution >= 0.6 is 11.6 Å². The van der Waals surface area contributed by atoms with Gasteiger partial charge in [0.15, 0.2) is 0 Å². The predicted octanol–water partition coefficient (Wildman–Crippen LogP) is 3.97. The number of carbonyl (C=O) groups excluding carboxylic acids is 2. The van der Waals surface area contributed by atoms with Crippen LogP contribution in [0, 0.1) is 24.0 Å². The quantitative estimate of drug-likeness (QED) is 0.597. The van der Waals surface area contributed by atoms with Crippen molar-refractivity contribution in [2.24, 2.45) is 0 Å². The molecule has 27 heavy (non-hydrogen) atoms. The lowest BCUT2D eigenvalue weighted by Gasteiger charge is -2.21. The number of hydrogen-bond donors (Lipinski definition) is 1. The summed E-state index contributed by atoms with van der Waals surface area (Å²) in [7, 11) is 0. The van der Waals surface area contributed by atoms with Crippen molar-refractivity contribution in [3.63, 3.8) is 0 Å². The Bertz CT molecular complexity index is 899. The van der Waals surface area contributed by atoms with E-state index in [2.05, 4.69) is 5.32 Å². The van der Waals surface area contributed by atoms with Crippen molar-refractivity contribution >= 4 is 34.8 Å². The lowest BCUT2D eigenvalue weighted by Crippen LogP contribution is -2.38. The van der Waals surface area contributed by atoms with Crippen molar-refractivity contribution < 1.29 is 14.5 Å². The van der Waals surface area contributed by atoms with Gasteiger partial charge in [-0.25, -0.2) is 0 Å². The first kappa shape index (κ1) is 20.4. The molecule has 142 valence electrons. The van der Waals surface area contributed by atoms with E-state index in [4.69, 9.17) is 11.6 Å². The van der Waals surface area contributed by atoms with E-state index in [-0.39, 0.29) is 24.0 Å². The molecule has 2 rings (SSSR count). The monoisotopic (exact) mass is 389 g/mol. The van der Waals surface area contributed by atoms with Gasteiger partial charge in [0.05, 0.1) is 4.92 Å². The second-order valence-corrected chi connectivity index (χ2v) is 6.52. The van der Waals surface area contributed by atoms with Crippen LogP contribution in [-0.4, -0.2) is 34.7 Å². The Morgan fingerprint density at radius 3 is 2.44 bits per heavy atom. The van der Waals surface area contributed by atoms with Gasteiger partial charge in [-0.3, -0.25) is 19.7 Å². The summed E-state index contributed by atoms with van der Waals surface area (Å²) in [5, 5.41) is 14.2. The van der Waals surface area contributed by atoms with Crippen molar-refractivity contribution in [3.8, 4) is 0 Å².